The minimum atomic E-state index is -0.243. The van der Waals surface area contributed by atoms with E-state index in [-0.39, 0.29) is 17.9 Å². The zero-order chi connectivity index (χ0) is 18.8. The van der Waals surface area contributed by atoms with Gasteiger partial charge in [0, 0.05) is 30.5 Å². The number of carbonyl (C=O) groups excluding carboxylic acids is 2. The lowest BCUT2D eigenvalue weighted by atomic mass is 10.2. The number of anilines is 2. The van der Waals surface area contributed by atoms with E-state index in [0.717, 1.165) is 35.8 Å². The Morgan fingerprint density at radius 1 is 1.26 bits per heavy atom. The molecule has 1 unspecified atom stereocenters. The van der Waals surface area contributed by atoms with Crippen LogP contribution in [0.25, 0.3) is 0 Å². The molecule has 2 aliphatic rings. The Morgan fingerprint density at radius 3 is 2.89 bits per heavy atom. The van der Waals surface area contributed by atoms with Gasteiger partial charge in [-0.2, -0.15) is 0 Å². The van der Waals surface area contributed by atoms with Crippen LogP contribution in [0.2, 0.25) is 0 Å². The number of nitrogens with zero attached hydrogens (tertiary/aromatic N) is 4. The van der Waals surface area contributed by atoms with Gasteiger partial charge in [-0.15, -0.1) is 10.2 Å². The SMILES string of the molecule is O=C(NCc1cccc(Br)c1)C1CCCN1c1nnc(N2CCCC2=O)s1. The fourth-order valence-corrected chi connectivity index (χ4v) is 4.92. The summed E-state index contributed by atoms with van der Waals surface area (Å²) in [6.07, 6.45) is 3.16. The molecule has 2 amide bonds. The summed E-state index contributed by atoms with van der Waals surface area (Å²) in [5, 5.41) is 12.8. The number of hydrogen-bond donors (Lipinski definition) is 1. The van der Waals surface area contributed by atoms with Crippen molar-refractivity contribution in [2.24, 2.45) is 0 Å². The molecule has 2 fully saturated rings. The van der Waals surface area contributed by atoms with E-state index in [1.54, 1.807) is 4.90 Å². The predicted molar refractivity (Wildman–Crippen MR) is 108 cm³/mol. The van der Waals surface area contributed by atoms with Crippen LogP contribution in [0.3, 0.4) is 0 Å². The van der Waals surface area contributed by atoms with Crippen molar-refractivity contribution in [3.05, 3.63) is 34.3 Å². The third-order valence-electron chi connectivity index (χ3n) is 4.86. The first-order valence-electron chi connectivity index (χ1n) is 9.04. The van der Waals surface area contributed by atoms with Gasteiger partial charge in [-0.3, -0.25) is 14.5 Å². The Labute approximate surface area is 169 Å². The Kier molecular flexibility index (Phi) is 5.40. The lowest BCUT2D eigenvalue weighted by Gasteiger charge is -2.22. The predicted octanol–water partition coefficient (Wildman–Crippen LogP) is 2.71. The van der Waals surface area contributed by atoms with Crippen LogP contribution in [0.1, 0.15) is 31.2 Å². The molecule has 1 aromatic heterocycles. The van der Waals surface area contributed by atoms with E-state index < -0.39 is 0 Å². The Balaban J connectivity index is 1.42. The minimum absolute atomic E-state index is 0.00137. The van der Waals surface area contributed by atoms with Crippen LogP contribution in [0.5, 0.6) is 0 Å². The molecular weight excluding hydrogens is 430 g/mol. The summed E-state index contributed by atoms with van der Waals surface area (Å²) in [7, 11) is 0. The van der Waals surface area contributed by atoms with E-state index in [9.17, 15) is 9.59 Å². The first kappa shape index (κ1) is 18.4. The molecule has 1 N–H and O–H groups in total. The average Bonchev–Trinajstić information content (AvgIpc) is 3.39. The van der Waals surface area contributed by atoms with Crippen molar-refractivity contribution >= 4 is 49.3 Å². The highest BCUT2D eigenvalue weighted by Crippen LogP contribution is 2.33. The van der Waals surface area contributed by atoms with E-state index in [0.29, 0.717) is 29.8 Å². The molecule has 0 saturated carbocycles. The topological polar surface area (TPSA) is 78.4 Å². The van der Waals surface area contributed by atoms with Crippen molar-refractivity contribution in [2.45, 2.75) is 38.3 Å². The zero-order valence-electron chi connectivity index (χ0n) is 14.7. The van der Waals surface area contributed by atoms with Gasteiger partial charge in [0.25, 0.3) is 0 Å². The van der Waals surface area contributed by atoms with Crippen LogP contribution in [0.4, 0.5) is 10.3 Å². The molecule has 1 aromatic carbocycles. The van der Waals surface area contributed by atoms with E-state index in [1.807, 2.05) is 29.2 Å². The van der Waals surface area contributed by atoms with Crippen molar-refractivity contribution in [2.75, 3.05) is 22.9 Å². The molecule has 0 spiro atoms. The molecule has 9 heteroatoms. The number of amides is 2. The first-order chi connectivity index (χ1) is 13.1. The number of nitrogens with one attached hydrogen (secondary N) is 1. The summed E-state index contributed by atoms with van der Waals surface area (Å²) in [5.41, 5.74) is 1.05. The van der Waals surface area contributed by atoms with Crippen LogP contribution in [-0.2, 0) is 16.1 Å². The second-order valence-corrected chi connectivity index (χ2v) is 8.57. The molecule has 2 aromatic rings. The van der Waals surface area contributed by atoms with Crippen LogP contribution in [0.15, 0.2) is 28.7 Å². The van der Waals surface area contributed by atoms with E-state index in [4.69, 9.17) is 0 Å². The van der Waals surface area contributed by atoms with Gasteiger partial charge in [0.15, 0.2) is 0 Å². The van der Waals surface area contributed by atoms with Gasteiger partial charge in [-0.05, 0) is 37.0 Å². The quantitative estimate of drug-likeness (QED) is 0.758. The van der Waals surface area contributed by atoms with Gasteiger partial charge >= 0.3 is 0 Å². The van der Waals surface area contributed by atoms with Crippen LogP contribution in [0, 0.1) is 0 Å². The summed E-state index contributed by atoms with van der Waals surface area (Å²) < 4.78 is 0.995. The average molecular weight is 450 g/mol. The Hall–Kier alpha value is -2.00. The molecule has 7 nitrogen and oxygen atoms in total. The maximum atomic E-state index is 12.7. The number of halogens is 1. The highest BCUT2D eigenvalue weighted by molar-refractivity contribution is 9.10. The summed E-state index contributed by atoms with van der Waals surface area (Å²) in [6.45, 7) is 1.97. The lowest BCUT2D eigenvalue weighted by Crippen LogP contribution is -2.43. The monoisotopic (exact) mass is 449 g/mol. The largest absolute Gasteiger partial charge is 0.350 e. The van der Waals surface area contributed by atoms with Gasteiger partial charge in [0.1, 0.15) is 6.04 Å². The second-order valence-electron chi connectivity index (χ2n) is 6.72. The minimum Gasteiger partial charge on any atom is -0.350 e. The van der Waals surface area contributed by atoms with Gasteiger partial charge in [-0.25, -0.2) is 0 Å². The molecule has 2 aliphatic heterocycles. The molecule has 27 heavy (non-hydrogen) atoms. The highest BCUT2D eigenvalue weighted by Gasteiger charge is 2.34. The molecule has 142 valence electrons. The molecule has 0 radical (unpaired) electrons. The van der Waals surface area contributed by atoms with E-state index in [2.05, 4.69) is 31.4 Å². The standard InChI is InChI=1S/C18H20BrN5O2S/c19-13-5-1-4-12(10-13)11-20-16(26)14-6-2-8-23(14)17-21-22-18(27-17)24-9-3-7-15(24)25/h1,4-5,10,14H,2-3,6-9,11H2,(H,20,26). The molecule has 1 atom stereocenters. The van der Waals surface area contributed by atoms with Crippen LogP contribution < -0.4 is 15.1 Å². The van der Waals surface area contributed by atoms with Gasteiger partial charge in [0.05, 0.1) is 0 Å². The Morgan fingerprint density at radius 2 is 2.11 bits per heavy atom. The molecule has 0 bridgehead atoms. The molecular formula is C18H20BrN5O2S. The number of hydrogen-bond acceptors (Lipinski definition) is 6. The maximum absolute atomic E-state index is 12.7. The van der Waals surface area contributed by atoms with Gasteiger partial charge in [-0.1, -0.05) is 39.4 Å². The van der Waals surface area contributed by atoms with Gasteiger partial charge < -0.3 is 10.2 Å². The fourth-order valence-electron chi connectivity index (χ4n) is 3.51. The third kappa shape index (κ3) is 3.98. The van der Waals surface area contributed by atoms with Gasteiger partial charge in [0.2, 0.25) is 22.1 Å². The van der Waals surface area contributed by atoms with Crippen molar-refractivity contribution in [3.63, 3.8) is 0 Å². The highest BCUT2D eigenvalue weighted by atomic mass is 79.9. The van der Waals surface area contributed by atoms with Crippen molar-refractivity contribution < 1.29 is 9.59 Å². The maximum Gasteiger partial charge on any atom is 0.243 e. The normalized spacial score (nSPS) is 19.7. The van der Waals surface area contributed by atoms with Crippen molar-refractivity contribution in [1.82, 2.24) is 15.5 Å². The Bertz CT molecular complexity index is 858. The lowest BCUT2D eigenvalue weighted by molar-refractivity contribution is -0.122. The molecule has 4 rings (SSSR count). The van der Waals surface area contributed by atoms with Crippen LogP contribution >= 0.6 is 27.3 Å². The second kappa shape index (κ2) is 7.93. The summed E-state index contributed by atoms with van der Waals surface area (Å²) in [6, 6.07) is 7.66. The zero-order valence-corrected chi connectivity index (χ0v) is 17.1. The third-order valence-corrected chi connectivity index (χ3v) is 6.34. The number of benzene rings is 1. The van der Waals surface area contributed by atoms with Crippen LogP contribution in [-0.4, -0.2) is 41.1 Å². The summed E-state index contributed by atoms with van der Waals surface area (Å²) in [4.78, 5) is 28.3. The number of carbonyl (C=O) groups is 2. The number of rotatable bonds is 5. The smallest absolute Gasteiger partial charge is 0.243 e. The number of aromatic nitrogens is 2. The van der Waals surface area contributed by atoms with E-state index >= 15 is 0 Å². The van der Waals surface area contributed by atoms with E-state index in [1.165, 1.54) is 11.3 Å². The van der Waals surface area contributed by atoms with Crippen molar-refractivity contribution in [3.8, 4) is 0 Å². The van der Waals surface area contributed by atoms with Crippen molar-refractivity contribution in [1.29, 1.82) is 0 Å². The fraction of sp³-hybridized carbons (Fsp3) is 0.444. The summed E-state index contributed by atoms with van der Waals surface area (Å²) in [5.74, 6) is 0.101. The molecule has 0 aliphatic carbocycles. The summed E-state index contributed by atoms with van der Waals surface area (Å²) >= 11 is 4.84. The molecule has 3 heterocycles. The molecule has 2 saturated heterocycles. The first-order valence-corrected chi connectivity index (χ1v) is 10.7.